The Kier molecular flexibility index (Phi) is 2.38. The summed E-state index contributed by atoms with van der Waals surface area (Å²) in [5.74, 6) is 1.01. The Morgan fingerprint density at radius 1 is 1.54 bits per heavy atom. The summed E-state index contributed by atoms with van der Waals surface area (Å²) in [6, 6.07) is 1.97. The molecule has 0 amide bonds. The molecule has 68 valence electrons. The number of rotatable bonds is 1. The van der Waals surface area contributed by atoms with Gasteiger partial charge in [0.05, 0.1) is 17.0 Å². The lowest BCUT2D eigenvalue weighted by Gasteiger charge is -1.97. The fourth-order valence-corrected chi connectivity index (χ4v) is 2.06. The van der Waals surface area contributed by atoms with Gasteiger partial charge in [0.1, 0.15) is 15.9 Å². The number of hydrogen-bond donors (Lipinski definition) is 0. The summed E-state index contributed by atoms with van der Waals surface area (Å²) in [4.78, 5) is 8.53. The molecule has 0 aliphatic carbocycles. The number of hydrogen-bond acceptors (Lipinski definition) is 2. The maximum absolute atomic E-state index is 4.40. The number of fused-ring (bicyclic) bond motifs is 1. The quantitative estimate of drug-likeness (QED) is 0.599. The van der Waals surface area contributed by atoms with E-state index in [-0.39, 0.29) is 0 Å². The van der Waals surface area contributed by atoms with E-state index in [1.807, 2.05) is 13.1 Å². The Morgan fingerprint density at radius 3 is 3.00 bits per heavy atom. The number of alkyl halides is 1. The zero-order chi connectivity index (χ0) is 9.42. The van der Waals surface area contributed by atoms with Gasteiger partial charge in [-0.25, -0.2) is 9.97 Å². The van der Waals surface area contributed by atoms with Crippen LogP contribution in [0.2, 0.25) is 0 Å². The molecular weight excluding hydrogens is 298 g/mol. The van der Waals surface area contributed by atoms with Crippen molar-refractivity contribution in [3.8, 4) is 0 Å². The smallest absolute Gasteiger partial charge is 0.120 e. The summed E-state index contributed by atoms with van der Waals surface area (Å²) in [7, 11) is 2.00. The molecule has 0 radical (unpaired) electrons. The molecule has 2 rings (SSSR count). The molecule has 0 fully saturated rings. The van der Waals surface area contributed by atoms with Crippen LogP contribution in [0.4, 0.5) is 0 Å². The van der Waals surface area contributed by atoms with Crippen molar-refractivity contribution in [2.45, 2.75) is 5.33 Å². The molecule has 0 atom stereocenters. The molecule has 0 N–H and O–H groups in total. The van der Waals surface area contributed by atoms with Gasteiger partial charge in [-0.05, 0) is 22.0 Å². The Hall–Kier alpha value is -0.420. The van der Waals surface area contributed by atoms with Crippen molar-refractivity contribution in [3.05, 3.63) is 22.7 Å². The molecule has 0 bridgehead atoms. The van der Waals surface area contributed by atoms with Crippen molar-refractivity contribution in [3.63, 3.8) is 0 Å². The van der Waals surface area contributed by atoms with Crippen LogP contribution < -0.4 is 0 Å². The number of halogens is 2. The fraction of sp³-hybridized carbons (Fsp3) is 0.250. The van der Waals surface area contributed by atoms with Crippen molar-refractivity contribution >= 4 is 42.9 Å². The molecule has 13 heavy (non-hydrogen) atoms. The van der Waals surface area contributed by atoms with E-state index in [9.17, 15) is 0 Å². The van der Waals surface area contributed by atoms with E-state index in [4.69, 9.17) is 0 Å². The number of pyridine rings is 1. The van der Waals surface area contributed by atoms with Gasteiger partial charge in [-0.1, -0.05) is 15.9 Å². The number of imidazole rings is 1. The molecule has 0 saturated carbocycles. The number of aryl methyl sites for hydroxylation is 1. The molecule has 3 nitrogen and oxygen atoms in total. The third-order valence-corrected chi connectivity index (χ3v) is 2.88. The van der Waals surface area contributed by atoms with E-state index in [1.54, 1.807) is 6.20 Å². The molecule has 2 aromatic heterocycles. The van der Waals surface area contributed by atoms with Crippen LogP contribution in [0.15, 0.2) is 16.9 Å². The lowest BCUT2D eigenvalue weighted by Crippen LogP contribution is -1.93. The fourth-order valence-electron chi connectivity index (χ4n) is 1.24. The lowest BCUT2D eigenvalue weighted by atomic mass is 10.4. The minimum absolute atomic E-state index is 0.760. The van der Waals surface area contributed by atoms with Crippen LogP contribution in [0.25, 0.3) is 11.0 Å². The van der Waals surface area contributed by atoms with Gasteiger partial charge in [0.15, 0.2) is 0 Å². The van der Waals surface area contributed by atoms with E-state index in [1.165, 1.54) is 0 Å². The second kappa shape index (κ2) is 3.38. The zero-order valence-electron chi connectivity index (χ0n) is 6.96. The van der Waals surface area contributed by atoms with Crippen molar-refractivity contribution in [2.24, 2.45) is 7.05 Å². The third-order valence-electron chi connectivity index (χ3n) is 1.95. The molecular formula is C8H7Br2N3. The highest BCUT2D eigenvalue weighted by Gasteiger charge is 2.06. The van der Waals surface area contributed by atoms with E-state index in [2.05, 4.69) is 46.4 Å². The minimum atomic E-state index is 0.760. The van der Waals surface area contributed by atoms with E-state index >= 15 is 0 Å². The van der Waals surface area contributed by atoms with Gasteiger partial charge in [-0.15, -0.1) is 0 Å². The van der Waals surface area contributed by atoms with Gasteiger partial charge in [-0.3, -0.25) is 0 Å². The summed E-state index contributed by atoms with van der Waals surface area (Å²) in [6.45, 7) is 0. The zero-order valence-corrected chi connectivity index (χ0v) is 10.1. The first-order valence-electron chi connectivity index (χ1n) is 3.75. The first-order valence-corrected chi connectivity index (χ1v) is 5.66. The second-order valence-corrected chi connectivity index (χ2v) is 4.09. The third kappa shape index (κ3) is 1.50. The van der Waals surface area contributed by atoms with Gasteiger partial charge >= 0.3 is 0 Å². The first-order chi connectivity index (χ1) is 6.22. The maximum Gasteiger partial charge on any atom is 0.120 e. The Morgan fingerprint density at radius 2 is 2.31 bits per heavy atom. The Balaban J connectivity index is 2.77. The lowest BCUT2D eigenvalue weighted by molar-refractivity contribution is 0.879. The second-order valence-electron chi connectivity index (χ2n) is 2.72. The Labute approximate surface area is 92.4 Å². The molecule has 0 saturated heterocycles. The minimum Gasteiger partial charge on any atom is -0.330 e. The largest absolute Gasteiger partial charge is 0.330 e. The van der Waals surface area contributed by atoms with Crippen LogP contribution in [-0.2, 0) is 12.4 Å². The standard InChI is InChI=1S/C8H7Br2N3/c1-13-6-2-7(10)11-4-5(6)12-8(13)3-9/h2,4H,3H2,1H3. The van der Waals surface area contributed by atoms with E-state index in [0.29, 0.717) is 0 Å². The maximum atomic E-state index is 4.40. The first kappa shape index (κ1) is 9.15. The highest BCUT2D eigenvalue weighted by atomic mass is 79.9. The van der Waals surface area contributed by atoms with Gasteiger partial charge in [0.2, 0.25) is 0 Å². The van der Waals surface area contributed by atoms with Crippen molar-refractivity contribution in [1.29, 1.82) is 0 Å². The van der Waals surface area contributed by atoms with Crippen LogP contribution in [-0.4, -0.2) is 14.5 Å². The van der Waals surface area contributed by atoms with Crippen molar-refractivity contribution in [1.82, 2.24) is 14.5 Å². The van der Waals surface area contributed by atoms with Gasteiger partial charge in [-0.2, -0.15) is 0 Å². The molecule has 2 aromatic rings. The molecule has 5 heteroatoms. The molecule has 0 aromatic carbocycles. The molecule has 0 spiro atoms. The van der Waals surface area contributed by atoms with E-state index < -0.39 is 0 Å². The van der Waals surface area contributed by atoms with Crippen LogP contribution in [0, 0.1) is 0 Å². The van der Waals surface area contributed by atoms with Crippen LogP contribution in [0.5, 0.6) is 0 Å². The van der Waals surface area contributed by atoms with Crippen molar-refractivity contribution in [2.75, 3.05) is 0 Å². The summed E-state index contributed by atoms with van der Waals surface area (Å²) < 4.78 is 2.89. The van der Waals surface area contributed by atoms with Gasteiger partial charge in [0, 0.05) is 7.05 Å². The topological polar surface area (TPSA) is 30.7 Å². The average Bonchev–Trinajstić information content (AvgIpc) is 2.44. The van der Waals surface area contributed by atoms with Gasteiger partial charge in [0.25, 0.3) is 0 Å². The number of aromatic nitrogens is 3. The normalized spacial score (nSPS) is 11.0. The Bertz CT molecular complexity index is 450. The highest BCUT2D eigenvalue weighted by Crippen LogP contribution is 2.18. The average molecular weight is 305 g/mol. The summed E-state index contributed by atoms with van der Waals surface area (Å²) >= 11 is 6.72. The predicted octanol–water partition coefficient (Wildman–Crippen LogP) is 2.63. The molecule has 0 unspecified atom stereocenters. The molecule has 2 heterocycles. The molecule has 0 aliphatic heterocycles. The van der Waals surface area contributed by atoms with Gasteiger partial charge < -0.3 is 4.57 Å². The SMILES string of the molecule is Cn1c(CBr)nc2cnc(Br)cc21. The monoisotopic (exact) mass is 303 g/mol. The van der Waals surface area contributed by atoms with Crippen LogP contribution >= 0.6 is 31.9 Å². The number of nitrogens with zero attached hydrogens (tertiary/aromatic N) is 3. The van der Waals surface area contributed by atoms with E-state index in [0.717, 1.165) is 26.8 Å². The highest BCUT2D eigenvalue weighted by molar-refractivity contribution is 9.10. The van der Waals surface area contributed by atoms with Crippen molar-refractivity contribution < 1.29 is 0 Å². The van der Waals surface area contributed by atoms with Crippen LogP contribution in [0.3, 0.4) is 0 Å². The van der Waals surface area contributed by atoms with Crippen LogP contribution in [0.1, 0.15) is 5.82 Å². The summed E-state index contributed by atoms with van der Waals surface area (Å²) in [6.07, 6.45) is 1.77. The summed E-state index contributed by atoms with van der Waals surface area (Å²) in [5, 5.41) is 0.760. The molecule has 0 aliphatic rings. The predicted molar refractivity (Wildman–Crippen MR) is 58.8 cm³/mol. The summed E-state index contributed by atoms with van der Waals surface area (Å²) in [5.41, 5.74) is 2.02.